The van der Waals surface area contributed by atoms with Gasteiger partial charge in [0.1, 0.15) is 6.04 Å². The molecule has 1 atom stereocenters. The molecule has 10 heteroatoms. The molecule has 1 aromatic heterocycles. The zero-order chi connectivity index (χ0) is 23.9. The summed E-state index contributed by atoms with van der Waals surface area (Å²) in [6, 6.07) is 8.57. The van der Waals surface area contributed by atoms with E-state index in [4.69, 9.17) is 17.5 Å². The van der Waals surface area contributed by atoms with Gasteiger partial charge >= 0.3 is 0 Å². The standard InChI is InChI=1S/C24H28N6O2S2/c25-15-18-6-8-19(9-7-18)27-24(33)29-11-12-30(21(31)16-29)20(14-17-4-2-1-3-5-17)22(32)28-23-26-10-13-34-23/h6-10,13,17,20H,1-5,11-12,14,16H2,(H,27,33)(H,26,28,32). The number of piperazine rings is 1. The summed E-state index contributed by atoms with van der Waals surface area (Å²) in [5.74, 6) is 0.177. The minimum atomic E-state index is -0.512. The van der Waals surface area contributed by atoms with E-state index in [1.165, 1.54) is 30.6 Å². The van der Waals surface area contributed by atoms with E-state index in [1.807, 2.05) is 10.3 Å². The van der Waals surface area contributed by atoms with E-state index in [-0.39, 0.29) is 18.4 Å². The van der Waals surface area contributed by atoms with E-state index in [9.17, 15) is 9.59 Å². The molecule has 1 aliphatic heterocycles. The number of rotatable bonds is 6. The Morgan fingerprint density at radius 3 is 2.62 bits per heavy atom. The molecular formula is C24H28N6O2S2. The number of carbonyl (C=O) groups is 2. The molecule has 2 amide bonds. The highest BCUT2D eigenvalue weighted by molar-refractivity contribution is 7.80. The van der Waals surface area contributed by atoms with E-state index in [1.54, 1.807) is 35.4 Å². The van der Waals surface area contributed by atoms with Crippen molar-refractivity contribution in [2.75, 3.05) is 30.3 Å². The van der Waals surface area contributed by atoms with Crippen molar-refractivity contribution in [1.29, 1.82) is 5.26 Å². The number of nitrogens with zero attached hydrogens (tertiary/aromatic N) is 4. The Bertz CT molecular complexity index is 1040. The summed E-state index contributed by atoms with van der Waals surface area (Å²) >= 11 is 6.90. The average molecular weight is 497 g/mol. The monoisotopic (exact) mass is 496 g/mol. The van der Waals surface area contributed by atoms with Gasteiger partial charge in [0, 0.05) is 30.4 Å². The number of hydrogen-bond acceptors (Lipinski definition) is 6. The van der Waals surface area contributed by atoms with Gasteiger partial charge in [0.15, 0.2) is 10.2 Å². The predicted molar refractivity (Wildman–Crippen MR) is 136 cm³/mol. The summed E-state index contributed by atoms with van der Waals surface area (Å²) in [6.45, 7) is 1.09. The molecule has 1 aliphatic carbocycles. The largest absolute Gasteiger partial charge is 0.338 e. The fourth-order valence-corrected chi connectivity index (χ4v) is 5.41. The van der Waals surface area contributed by atoms with Crippen molar-refractivity contribution in [2.45, 2.75) is 44.6 Å². The normalized spacial score (nSPS) is 17.7. The highest BCUT2D eigenvalue weighted by Gasteiger charge is 2.36. The second-order valence-corrected chi connectivity index (χ2v) is 9.99. The lowest BCUT2D eigenvalue weighted by molar-refractivity contribution is -0.142. The Balaban J connectivity index is 1.40. The van der Waals surface area contributed by atoms with E-state index < -0.39 is 6.04 Å². The van der Waals surface area contributed by atoms with Crippen LogP contribution in [0.4, 0.5) is 10.8 Å². The third-order valence-electron chi connectivity index (χ3n) is 6.43. The molecule has 2 fully saturated rings. The second-order valence-electron chi connectivity index (χ2n) is 8.71. The smallest absolute Gasteiger partial charge is 0.248 e. The minimum absolute atomic E-state index is 0.106. The number of nitriles is 1. The van der Waals surface area contributed by atoms with Crippen LogP contribution in [0.3, 0.4) is 0 Å². The van der Waals surface area contributed by atoms with Crippen molar-refractivity contribution in [3.63, 3.8) is 0 Å². The van der Waals surface area contributed by atoms with Crippen molar-refractivity contribution >= 4 is 51.3 Å². The van der Waals surface area contributed by atoms with Crippen molar-refractivity contribution in [2.24, 2.45) is 5.92 Å². The van der Waals surface area contributed by atoms with Gasteiger partial charge in [-0.25, -0.2) is 4.98 Å². The van der Waals surface area contributed by atoms with Crippen molar-refractivity contribution in [3.05, 3.63) is 41.4 Å². The fraction of sp³-hybridized carbons (Fsp3) is 0.458. The number of thiocarbonyl (C=S) groups is 1. The first-order valence-corrected chi connectivity index (χ1v) is 12.9. The Kier molecular flexibility index (Phi) is 8.08. The topological polar surface area (TPSA) is 101 Å². The molecule has 0 radical (unpaired) electrons. The van der Waals surface area contributed by atoms with Crippen LogP contribution in [0.15, 0.2) is 35.8 Å². The quantitative estimate of drug-likeness (QED) is 0.586. The van der Waals surface area contributed by atoms with Gasteiger partial charge in [-0.1, -0.05) is 32.1 Å². The van der Waals surface area contributed by atoms with E-state index in [2.05, 4.69) is 21.7 Å². The Hall–Kier alpha value is -3.03. The number of thiazole rings is 1. The molecule has 2 aromatic rings. The van der Waals surface area contributed by atoms with Gasteiger partial charge in [-0.15, -0.1) is 11.3 Å². The predicted octanol–water partition coefficient (Wildman–Crippen LogP) is 3.83. The van der Waals surface area contributed by atoms with Gasteiger partial charge in [0.2, 0.25) is 11.8 Å². The summed E-state index contributed by atoms with van der Waals surface area (Å²) in [4.78, 5) is 34.1. The van der Waals surface area contributed by atoms with Gasteiger partial charge < -0.3 is 20.4 Å². The molecule has 1 aromatic carbocycles. The molecule has 178 valence electrons. The molecular weight excluding hydrogens is 468 g/mol. The number of aromatic nitrogens is 1. The van der Waals surface area contributed by atoms with E-state index in [0.29, 0.717) is 41.2 Å². The molecule has 0 spiro atoms. The maximum atomic E-state index is 13.2. The molecule has 2 aliphatic rings. The molecule has 0 bridgehead atoms. The Labute approximate surface area is 209 Å². The van der Waals surface area contributed by atoms with Crippen molar-refractivity contribution in [1.82, 2.24) is 14.8 Å². The molecule has 1 unspecified atom stereocenters. The van der Waals surface area contributed by atoms with Crippen LogP contribution in [0.25, 0.3) is 0 Å². The summed E-state index contributed by atoms with van der Waals surface area (Å²) < 4.78 is 0. The third kappa shape index (κ3) is 6.10. The maximum absolute atomic E-state index is 13.2. The third-order valence-corrected chi connectivity index (χ3v) is 7.48. The Morgan fingerprint density at radius 1 is 1.21 bits per heavy atom. The van der Waals surface area contributed by atoms with Crippen molar-refractivity contribution < 1.29 is 9.59 Å². The van der Waals surface area contributed by atoms with E-state index in [0.717, 1.165) is 18.5 Å². The molecule has 1 saturated carbocycles. The molecule has 4 rings (SSSR count). The number of hydrogen-bond donors (Lipinski definition) is 2. The summed E-state index contributed by atoms with van der Waals surface area (Å²) in [5, 5.41) is 17.8. The van der Waals surface area contributed by atoms with E-state index >= 15 is 0 Å². The number of carbonyl (C=O) groups excluding carboxylic acids is 2. The van der Waals surface area contributed by atoms with Gasteiger partial charge in [-0.05, 0) is 48.8 Å². The van der Waals surface area contributed by atoms with Gasteiger partial charge in [0.25, 0.3) is 0 Å². The van der Waals surface area contributed by atoms with Crippen LogP contribution in [0.2, 0.25) is 0 Å². The Morgan fingerprint density at radius 2 is 1.97 bits per heavy atom. The van der Waals surface area contributed by atoms with Crippen LogP contribution in [-0.2, 0) is 9.59 Å². The van der Waals surface area contributed by atoms with Gasteiger partial charge in [0.05, 0.1) is 18.2 Å². The molecule has 34 heavy (non-hydrogen) atoms. The molecule has 2 heterocycles. The summed E-state index contributed by atoms with van der Waals surface area (Å²) in [7, 11) is 0. The number of anilines is 2. The lowest BCUT2D eigenvalue weighted by Crippen LogP contribution is -2.59. The molecule has 1 saturated heterocycles. The highest BCUT2D eigenvalue weighted by atomic mass is 32.1. The van der Waals surface area contributed by atoms with Gasteiger partial charge in [-0.2, -0.15) is 5.26 Å². The zero-order valence-corrected chi connectivity index (χ0v) is 20.5. The van der Waals surface area contributed by atoms with Gasteiger partial charge in [-0.3, -0.25) is 9.59 Å². The SMILES string of the molecule is N#Cc1ccc(NC(=S)N2CCN(C(CC3CCCCC3)C(=O)Nc3nccs3)C(=O)C2)cc1. The van der Waals surface area contributed by atoms with Crippen molar-refractivity contribution in [3.8, 4) is 6.07 Å². The summed E-state index contributed by atoms with van der Waals surface area (Å²) in [6.07, 6.45) is 8.15. The van der Waals surface area contributed by atoms with Crippen LogP contribution < -0.4 is 10.6 Å². The first-order valence-electron chi connectivity index (χ1n) is 11.6. The van der Waals surface area contributed by atoms with Crippen LogP contribution >= 0.6 is 23.6 Å². The fourth-order valence-electron chi connectivity index (χ4n) is 4.61. The minimum Gasteiger partial charge on any atom is -0.338 e. The molecule has 8 nitrogen and oxygen atoms in total. The van der Waals surface area contributed by atoms with Crippen LogP contribution in [0.1, 0.15) is 44.1 Å². The summed E-state index contributed by atoms with van der Waals surface area (Å²) in [5.41, 5.74) is 1.33. The number of benzene rings is 1. The number of amides is 2. The van der Waals surface area contributed by atoms with Crippen LogP contribution in [-0.4, -0.2) is 57.4 Å². The lowest BCUT2D eigenvalue weighted by Gasteiger charge is -2.40. The lowest BCUT2D eigenvalue weighted by atomic mass is 9.84. The van der Waals surface area contributed by atoms with Crippen LogP contribution in [0, 0.1) is 17.2 Å². The molecule has 2 N–H and O–H groups in total. The number of nitrogens with one attached hydrogen (secondary N) is 2. The first kappa shape index (κ1) is 24.1. The first-order chi connectivity index (χ1) is 16.5. The highest BCUT2D eigenvalue weighted by Crippen LogP contribution is 2.30. The average Bonchev–Trinajstić information content (AvgIpc) is 3.37. The second kappa shape index (κ2) is 11.4. The maximum Gasteiger partial charge on any atom is 0.248 e. The zero-order valence-electron chi connectivity index (χ0n) is 18.9. The van der Waals surface area contributed by atoms with Crippen LogP contribution in [0.5, 0.6) is 0 Å².